The lowest BCUT2D eigenvalue weighted by molar-refractivity contribution is -0.131. The lowest BCUT2D eigenvalue weighted by Crippen LogP contribution is -2.46. The third kappa shape index (κ3) is 2.74. The Bertz CT molecular complexity index is 831. The number of benzene rings is 2. The minimum absolute atomic E-state index is 0.155. The van der Waals surface area contributed by atoms with Gasteiger partial charge in [0.05, 0.1) is 5.56 Å². The second-order valence-electron chi connectivity index (χ2n) is 5.52. The van der Waals surface area contributed by atoms with Gasteiger partial charge in [0.1, 0.15) is 11.8 Å². The highest BCUT2D eigenvalue weighted by Gasteiger charge is 2.38. The third-order valence-corrected chi connectivity index (χ3v) is 3.89. The van der Waals surface area contributed by atoms with Gasteiger partial charge >= 0.3 is 5.97 Å². The molecular formula is C18H16N2O4. The maximum absolute atomic E-state index is 13.1. The van der Waals surface area contributed by atoms with Gasteiger partial charge in [-0.3, -0.25) is 19.3 Å². The third-order valence-electron chi connectivity index (χ3n) is 3.89. The van der Waals surface area contributed by atoms with Crippen LogP contribution in [0, 0.1) is 0 Å². The number of primary amides is 1. The second kappa shape index (κ2) is 6.16. The summed E-state index contributed by atoms with van der Waals surface area (Å²) in [6.45, 7) is 1.26. The second-order valence-corrected chi connectivity index (χ2v) is 5.52. The maximum Gasteiger partial charge on any atom is 0.308 e. The van der Waals surface area contributed by atoms with E-state index in [2.05, 4.69) is 0 Å². The number of amides is 2. The van der Waals surface area contributed by atoms with E-state index in [0.717, 1.165) is 5.56 Å². The fraction of sp³-hybridized carbons (Fsp3) is 0.167. The standard InChI is InChI=1S/C18H16N2O4/c1-11(21)24-16-9-5-3-7-13(16)18(23)20-14-8-4-2-6-12(14)10-15(20)17(19)22/h2-9,15H,10H2,1H3,(H2,19,22). The molecule has 2 aromatic carbocycles. The Morgan fingerprint density at radius 2 is 1.75 bits per heavy atom. The van der Waals surface area contributed by atoms with Gasteiger partial charge in [-0.2, -0.15) is 0 Å². The van der Waals surface area contributed by atoms with Crippen LogP contribution in [0.3, 0.4) is 0 Å². The van der Waals surface area contributed by atoms with Crippen molar-refractivity contribution in [1.82, 2.24) is 0 Å². The summed E-state index contributed by atoms with van der Waals surface area (Å²) in [6, 6.07) is 12.9. The van der Waals surface area contributed by atoms with Crippen molar-refractivity contribution in [1.29, 1.82) is 0 Å². The van der Waals surface area contributed by atoms with Crippen LogP contribution in [-0.4, -0.2) is 23.8 Å². The highest BCUT2D eigenvalue weighted by atomic mass is 16.5. The van der Waals surface area contributed by atoms with Crippen molar-refractivity contribution in [3.05, 3.63) is 59.7 Å². The molecule has 1 heterocycles. The van der Waals surface area contributed by atoms with Gasteiger partial charge in [-0.1, -0.05) is 30.3 Å². The van der Waals surface area contributed by atoms with E-state index in [0.29, 0.717) is 12.1 Å². The SMILES string of the molecule is CC(=O)Oc1ccccc1C(=O)N1c2ccccc2CC1C(N)=O. The zero-order valence-corrected chi connectivity index (χ0v) is 13.1. The van der Waals surface area contributed by atoms with Crippen molar-refractivity contribution in [3.63, 3.8) is 0 Å². The number of hydrogen-bond acceptors (Lipinski definition) is 4. The molecule has 6 heteroatoms. The van der Waals surface area contributed by atoms with Gasteiger partial charge in [0, 0.05) is 19.0 Å². The summed E-state index contributed by atoms with van der Waals surface area (Å²) in [5.74, 6) is -1.38. The van der Waals surface area contributed by atoms with Crippen LogP contribution in [0.15, 0.2) is 48.5 Å². The quantitative estimate of drug-likeness (QED) is 0.687. The monoisotopic (exact) mass is 324 g/mol. The van der Waals surface area contributed by atoms with Crippen molar-refractivity contribution in [3.8, 4) is 5.75 Å². The van der Waals surface area contributed by atoms with Crippen molar-refractivity contribution < 1.29 is 19.1 Å². The average Bonchev–Trinajstić information content (AvgIpc) is 2.94. The molecule has 1 unspecified atom stereocenters. The van der Waals surface area contributed by atoms with Crippen molar-refractivity contribution >= 4 is 23.5 Å². The fourth-order valence-corrected chi connectivity index (χ4v) is 2.88. The molecule has 3 rings (SSSR count). The molecule has 0 bridgehead atoms. The van der Waals surface area contributed by atoms with E-state index in [4.69, 9.17) is 10.5 Å². The molecule has 1 aliphatic heterocycles. The van der Waals surface area contributed by atoms with Crippen molar-refractivity contribution in [2.45, 2.75) is 19.4 Å². The minimum atomic E-state index is -0.764. The van der Waals surface area contributed by atoms with Gasteiger partial charge < -0.3 is 10.5 Å². The topological polar surface area (TPSA) is 89.7 Å². The van der Waals surface area contributed by atoms with Gasteiger partial charge in [0.25, 0.3) is 5.91 Å². The first-order valence-electron chi connectivity index (χ1n) is 7.47. The summed E-state index contributed by atoms with van der Waals surface area (Å²) in [6.07, 6.45) is 0.368. The first-order valence-corrected chi connectivity index (χ1v) is 7.47. The van der Waals surface area contributed by atoms with Crippen LogP contribution < -0.4 is 15.4 Å². The summed E-state index contributed by atoms with van der Waals surface area (Å²) in [5.41, 5.74) is 7.21. The molecule has 0 aromatic heterocycles. The Labute approximate surface area is 138 Å². The van der Waals surface area contributed by atoms with Crippen LogP contribution in [0.5, 0.6) is 5.75 Å². The maximum atomic E-state index is 13.1. The summed E-state index contributed by atoms with van der Waals surface area (Å²) in [4.78, 5) is 37.5. The molecule has 2 amide bonds. The van der Waals surface area contributed by atoms with E-state index in [-0.39, 0.29) is 11.3 Å². The number of carbonyl (C=O) groups is 3. The Morgan fingerprint density at radius 3 is 2.46 bits per heavy atom. The molecular weight excluding hydrogens is 308 g/mol. The Balaban J connectivity index is 2.05. The van der Waals surface area contributed by atoms with Crippen LogP contribution in [0.4, 0.5) is 5.69 Å². The molecule has 0 fully saturated rings. The molecule has 1 aliphatic rings. The number of para-hydroxylation sites is 2. The normalized spacial score (nSPS) is 15.7. The molecule has 0 spiro atoms. The first kappa shape index (κ1) is 15.7. The van der Waals surface area contributed by atoms with Crippen LogP contribution in [0.2, 0.25) is 0 Å². The zero-order chi connectivity index (χ0) is 17.3. The predicted molar refractivity (Wildman–Crippen MR) is 87.7 cm³/mol. The molecule has 1 atom stereocenters. The van der Waals surface area contributed by atoms with Gasteiger partial charge in [-0.15, -0.1) is 0 Å². The predicted octanol–water partition coefficient (Wildman–Crippen LogP) is 1.67. The summed E-state index contributed by atoms with van der Waals surface area (Å²) >= 11 is 0. The number of nitrogens with two attached hydrogens (primary N) is 1. The van der Waals surface area contributed by atoms with Crippen LogP contribution in [0.25, 0.3) is 0 Å². The van der Waals surface area contributed by atoms with Crippen molar-refractivity contribution in [2.24, 2.45) is 5.73 Å². The molecule has 24 heavy (non-hydrogen) atoms. The number of ether oxygens (including phenoxy) is 1. The largest absolute Gasteiger partial charge is 0.426 e. The number of hydrogen-bond donors (Lipinski definition) is 1. The Kier molecular flexibility index (Phi) is 4.04. The van der Waals surface area contributed by atoms with Crippen LogP contribution in [0.1, 0.15) is 22.8 Å². The Hall–Kier alpha value is -3.15. The lowest BCUT2D eigenvalue weighted by atomic mass is 10.1. The van der Waals surface area contributed by atoms with Crippen LogP contribution in [-0.2, 0) is 16.0 Å². The molecule has 122 valence electrons. The lowest BCUT2D eigenvalue weighted by Gasteiger charge is -2.24. The first-order chi connectivity index (χ1) is 11.5. The number of nitrogens with zero attached hydrogens (tertiary/aromatic N) is 1. The zero-order valence-electron chi connectivity index (χ0n) is 13.1. The molecule has 0 radical (unpaired) electrons. The van der Waals surface area contributed by atoms with E-state index >= 15 is 0 Å². The van der Waals surface area contributed by atoms with Crippen LogP contribution >= 0.6 is 0 Å². The molecule has 6 nitrogen and oxygen atoms in total. The summed E-state index contributed by atoms with van der Waals surface area (Å²) in [5, 5.41) is 0. The molecule has 2 N–H and O–H groups in total. The van der Waals surface area contributed by atoms with E-state index in [9.17, 15) is 14.4 Å². The molecule has 0 saturated carbocycles. The van der Waals surface area contributed by atoms with E-state index in [1.165, 1.54) is 17.9 Å². The van der Waals surface area contributed by atoms with Gasteiger partial charge in [-0.25, -0.2) is 0 Å². The number of anilines is 1. The smallest absolute Gasteiger partial charge is 0.308 e. The van der Waals surface area contributed by atoms with E-state index in [1.54, 1.807) is 30.3 Å². The van der Waals surface area contributed by atoms with Crippen molar-refractivity contribution in [2.75, 3.05) is 4.90 Å². The average molecular weight is 324 g/mol. The van der Waals surface area contributed by atoms with E-state index in [1.807, 2.05) is 12.1 Å². The molecule has 0 aliphatic carbocycles. The number of carbonyl (C=O) groups excluding carboxylic acids is 3. The van der Waals surface area contributed by atoms with E-state index < -0.39 is 23.8 Å². The minimum Gasteiger partial charge on any atom is -0.426 e. The highest BCUT2D eigenvalue weighted by molar-refractivity contribution is 6.12. The fourth-order valence-electron chi connectivity index (χ4n) is 2.88. The van der Waals surface area contributed by atoms with Gasteiger partial charge in [-0.05, 0) is 23.8 Å². The highest BCUT2D eigenvalue weighted by Crippen LogP contribution is 2.34. The molecule has 2 aromatic rings. The number of fused-ring (bicyclic) bond motifs is 1. The van der Waals surface area contributed by atoms with Gasteiger partial charge in [0.15, 0.2) is 0 Å². The Morgan fingerprint density at radius 1 is 1.08 bits per heavy atom. The summed E-state index contributed by atoms with van der Waals surface area (Å²) in [7, 11) is 0. The molecule has 0 saturated heterocycles. The number of esters is 1. The number of rotatable bonds is 3. The summed E-state index contributed by atoms with van der Waals surface area (Å²) < 4.78 is 5.11. The van der Waals surface area contributed by atoms with Gasteiger partial charge in [0.2, 0.25) is 5.91 Å².